The zero-order valence-corrected chi connectivity index (χ0v) is 20.1. The first-order valence-corrected chi connectivity index (χ1v) is 11.9. The van der Waals surface area contributed by atoms with Crippen LogP contribution < -0.4 is 15.4 Å². The van der Waals surface area contributed by atoms with Gasteiger partial charge in [0, 0.05) is 36.8 Å². The average Bonchev–Trinajstić information content (AvgIpc) is 3.27. The molecule has 0 aromatic carbocycles. The van der Waals surface area contributed by atoms with Crippen molar-refractivity contribution in [3.63, 3.8) is 0 Å². The lowest BCUT2D eigenvalue weighted by atomic mass is 9.75. The summed E-state index contributed by atoms with van der Waals surface area (Å²) in [5, 5.41) is 13.9. The maximum atomic E-state index is 12.4. The Labute approximate surface area is 200 Å². The number of nitrogens with zero attached hydrogens (tertiary/aromatic N) is 5. The summed E-state index contributed by atoms with van der Waals surface area (Å²) >= 11 is 0. The van der Waals surface area contributed by atoms with E-state index in [9.17, 15) is 10.1 Å². The number of nitriles is 1. The van der Waals surface area contributed by atoms with Gasteiger partial charge in [0.2, 0.25) is 0 Å². The van der Waals surface area contributed by atoms with Crippen molar-refractivity contribution in [2.75, 3.05) is 24.6 Å². The Hall–Kier alpha value is -3.44. The highest BCUT2D eigenvalue weighted by Gasteiger charge is 2.33. The number of carbonyl (C=O) groups excluding carboxylic acids is 1. The lowest BCUT2D eigenvalue weighted by molar-refractivity contribution is -0.122. The van der Waals surface area contributed by atoms with Crippen LogP contribution in [0.15, 0.2) is 36.8 Å². The second-order valence-electron chi connectivity index (χ2n) is 9.35. The molecular formula is C26H32N6O2. The summed E-state index contributed by atoms with van der Waals surface area (Å²) in [5.74, 6) is 1.76. The molecule has 4 rings (SSSR count). The molecule has 0 radical (unpaired) electrons. The zero-order valence-electron chi connectivity index (χ0n) is 20.1. The number of rotatable bonds is 8. The number of aromatic nitrogens is 3. The summed E-state index contributed by atoms with van der Waals surface area (Å²) in [6.45, 7) is 8.32. The molecule has 34 heavy (non-hydrogen) atoms. The van der Waals surface area contributed by atoms with Gasteiger partial charge in [-0.1, -0.05) is 13.8 Å². The molecule has 0 amide bonds. The molecule has 1 aliphatic heterocycles. The van der Waals surface area contributed by atoms with Gasteiger partial charge in [-0.2, -0.15) is 10.4 Å². The summed E-state index contributed by atoms with van der Waals surface area (Å²) in [4.78, 5) is 19.4. The van der Waals surface area contributed by atoms with E-state index in [2.05, 4.69) is 23.0 Å². The molecule has 8 heteroatoms. The predicted molar refractivity (Wildman–Crippen MR) is 132 cm³/mol. The van der Waals surface area contributed by atoms with E-state index in [1.165, 1.54) is 0 Å². The molecule has 0 bridgehead atoms. The molecule has 0 saturated carbocycles. The molecule has 1 atom stereocenters. The van der Waals surface area contributed by atoms with Crippen LogP contribution in [-0.2, 0) is 4.79 Å². The van der Waals surface area contributed by atoms with E-state index in [0.717, 1.165) is 48.4 Å². The Balaban J connectivity index is 1.53. The molecule has 1 saturated heterocycles. The van der Waals surface area contributed by atoms with Crippen LogP contribution in [0.25, 0.3) is 16.6 Å². The van der Waals surface area contributed by atoms with Crippen molar-refractivity contribution in [3.05, 3.63) is 42.4 Å². The molecule has 8 nitrogen and oxygen atoms in total. The van der Waals surface area contributed by atoms with Crippen LogP contribution in [0, 0.1) is 16.7 Å². The van der Waals surface area contributed by atoms with E-state index in [1.807, 2.05) is 38.2 Å². The van der Waals surface area contributed by atoms with E-state index in [0.29, 0.717) is 30.8 Å². The number of pyridine rings is 2. The third-order valence-corrected chi connectivity index (χ3v) is 6.83. The van der Waals surface area contributed by atoms with Gasteiger partial charge < -0.3 is 15.4 Å². The van der Waals surface area contributed by atoms with Gasteiger partial charge in [-0.15, -0.1) is 0 Å². The number of hydrogen-bond donors (Lipinski definition) is 1. The highest BCUT2D eigenvalue weighted by molar-refractivity contribution is 5.85. The third kappa shape index (κ3) is 4.75. The van der Waals surface area contributed by atoms with Crippen LogP contribution in [0.3, 0.4) is 0 Å². The minimum atomic E-state index is -0.353. The summed E-state index contributed by atoms with van der Waals surface area (Å²) in [5.41, 5.74) is 8.93. The second-order valence-corrected chi connectivity index (χ2v) is 9.35. The molecule has 3 aromatic rings. The summed E-state index contributed by atoms with van der Waals surface area (Å²) in [6.07, 6.45) is 8.28. The lowest BCUT2D eigenvalue weighted by Gasteiger charge is -2.40. The number of anilines is 1. The number of carbonyl (C=O) groups is 1. The maximum absolute atomic E-state index is 12.4. The Bertz CT molecular complexity index is 1200. The number of fused-ring (bicyclic) bond motifs is 1. The highest BCUT2D eigenvalue weighted by Crippen LogP contribution is 2.37. The van der Waals surface area contributed by atoms with Crippen LogP contribution in [0.2, 0.25) is 0 Å². The number of Topliss-reactive ketones (excluding diaryl/α,β-unsaturated/α-hetero) is 1. The fraction of sp³-hybridized carbons (Fsp3) is 0.462. The monoisotopic (exact) mass is 460 g/mol. The Kier molecular flexibility index (Phi) is 6.85. The Morgan fingerprint density at radius 1 is 1.29 bits per heavy atom. The van der Waals surface area contributed by atoms with Gasteiger partial charge in [-0.25, -0.2) is 9.50 Å². The molecule has 0 aliphatic carbocycles. The van der Waals surface area contributed by atoms with Crippen molar-refractivity contribution >= 4 is 17.1 Å². The van der Waals surface area contributed by atoms with Crippen molar-refractivity contribution in [2.45, 2.75) is 52.5 Å². The summed E-state index contributed by atoms with van der Waals surface area (Å²) < 4.78 is 7.39. The first-order valence-electron chi connectivity index (χ1n) is 11.9. The normalized spacial score (nSPS) is 16.3. The largest absolute Gasteiger partial charge is 0.492 e. The van der Waals surface area contributed by atoms with Gasteiger partial charge in [0.1, 0.15) is 23.4 Å². The average molecular weight is 461 g/mol. The van der Waals surface area contributed by atoms with Gasteiger partial charge >= 0.3 is 0 Å². The van der Waals surface area contributed by atoms with Crippen molar-refractivity contribution in [1.29, 1.82) is 5.26 Å². The van der Waals surface area contributed by atoms with Crippen molar-refractivity contribution < 1.29 is 9.53 Å². The van der Waals surface area contributed by atoms with Gasteiger partial charge in [-0.05, 0) is 49.8 Å². The number of piperidine rings is 1. The topological polar surface area (TPSA) is 110 Å². The van der Waals surface area contributed by atoms with Crippen LogP contribution >= 0.6 is 0 Å². The van der Waals surface area contributed by atoms with Crippen LogP contribution in [-0.4, -0.2) is 46.1 Å². The Morgan fingerprint density at radius 2 is 2.06 bits per heavy atom. The minimum absolute atomic E-state index is 0.0126. The molecular weight excluding hydrogens is 428 g/mol. The lowest BCUT2D eigenvalue weighted by Crippen LogP contribution is -2.42. The molecule has 178 valence electrons. The van der Waals surface area contributed by atoms with Gasteiger partial charge in [0.05, 0.1) is 36.1 Å². The first kappa shape index (κ1) is 23.7. The SMILES string of the molecule is CCOc1cc(-c2ccc(N3CCC(C)(CC(=O)[C@@H](N)CC)CC3)nc2)c2c(C#N)cnn2c1. The fourth-order valence-corrected chi connectivity index (χ4v) is 4.61. The van der Waals surface area contributed by atoms with E-state index in [4.69, 9.17) is 15.5 Å². The molecule has 3 aromatic heterocycles. The predicted octanol–water partition coefficient (Wildman–Crippen LogP) is 3.97. The number of nitrogens with two attached hydrogens (primary N) is 1. The van der Waals surface area contributed by atoms with Crippen LogP contribution in [0.1, 0.15) is 52.0 Å². The summed E-state index contributed by atoms with van der Waals surface area (Å²) in [6, 6.07) is 7.85. The van der Waals surface area contributed by atoms with Crippen molar-refractivity contribution in [2.24, 2.45) is 11.1 Å². The second kappa shape index (κ2) is 9.82. The molecule has 4 heterocycles. The molecule has 2 N–H and O–H groups in total. The van der Waals surface area contributed by atoms with E-state index < -0.39 is 0 Å². The molecule has 0 spiro atoms. The van der Waals surface area contributed by atoms with Crippen molar-refractivity contribution in [1.82, 2.24) is 14.6 Å². The highest BCUT2D eigenvalue weighted by atomic mass is 16.5. The molecule has 0 unspecified atom stereocenters. The van der Waals surface area contributed by atoms with Crippen molar-refractivity contribution in [3.8, 4) is 22.9 Å². The number of ketones is 1. The number of ether oxygens (including phenoxy) is 1. The quantitative estimate of drug-likeness (QED) is 0.542. The molecule has 1 aliphatic rings. The molecule has 1 fully saturated rings. The third-order valence-electron chi connectivity index (χ3n) is 6.83. The van der Waals surface area contributed by atoms with Gasteiger partial charge in [0.15, 0.2) is 0 Å². The fourth-order valence-electron chi connectivity index (χ4n) is 4.61. The van der Waals surface area contributed by atoms with Crippen LogP contribution in [0.4, 0.5) is 5.82 Å². The van der Waals surface area contributed by atoms with Gasteiger partial charge in [-0.3, -0.25) is 4.79 Å². The standard InChI is InChI=1S/C26H32N6O2/c1-4-22(28)23(33)13-26(3)8-10-31(11-9-26)24-7-6-18(15-29-24)21-12-20(34-5-2)17-32-25(21)19(14-27)16-30-32/h6-7,12,15-17,22H,4-5,8-11,13,28H2,1-3H3/t22-/m0/s1. The van der Waals surface area contributed by atoms with E-state index in [-0.39, 0.29) is 17.2 Å². The van der Waals surface area contributed by atoms with E-state index >= 15 is 0 Å². The number of hydrogen-bond acceptors (Lipinski definition) is 7. The first-order chi connectivity index (χ1) is 16.4. The van der Waals surface area contributed by atoms with E-state index in [1.54, 1.807) is 16.9 Å². The Morgan fingerprint density at radius 3 is 2.68 bits per heavy atom. The summed E-state index contributed by atoms with van der Waals surface area (Å²) in [7, 11) is 0. The maximum Gasteiger partial charge on any atom is 0.150 e. The minimum Gasteiger partial charge on any atom is -0.492 e. The zero-order chi connectivity index (χ0) is 24.3. The van der Waals surface area contributed by atoms with Crippen LogP contribution in [0.5, 0.6) is 5.75 Å². The smallest absolute Gasteiger partial charge is 0.150 e. The van der Waals surface area contributed by atoms with Gasteiger partial charge in [0.25, 0.3) is 0 Å².